The van der Waals surface area contributed by atoms with E-state index < -0.39 is 41.7 Å². The van der Waals surface area contributed by atoms with Crippen molar-refractivity contribution in [2.45, 2.75) is 25.6 Å². The molecule has 160 valence electrons. The van der Waals surface area contributed by atoms with Gasteiger partial charge >= 0.3 is 18.7 Å². The zero-order chi connectivity index (χ0) is 22.3. The molecular formula is C17H11F7N4O2. The number of para-hydroxylation sites is 2. The van der Waals surface area contributed by atoms with Gasteiger partial charge in [0.05, 0.1) is 5.69 Å². The van der Waals surface area contributed by atoms with E-state index in [0.717, 1.165) is 12.1 Å². The highest BCUT2D eigenvalue weighted by molar-refractivity contribution is 6.04. The zero-order valence-electron chi connectivity index (χ0n) is 14.8. The largest absolute Gasteiger partial charge is 0.459 e. The maximum Gasteiger partial charge on any atom is 0.459 e. The van der Waals surface area contributed by atoms with Gasteiger partial charge in [-0.15, -0.1) is 0 Å². The van der Waals surface area contributed by atoms with E-state index in [1.54, 1.807) is 0 Å². The second-order valence-electron chi connectivity index (χ2n) is 5.98. The third-order valence-corrected chi connectivity index (χ3v) is 3.82. The van der Waals surface area contributed by atoms with Crippen molar-refractivity contribution >= 4 is 17.2 Å². The first-order valence-electron chi connectivity index (χ1n) is 8.08. The molecule has 0 fully saturated rings. The van der Waals surface area contributed by atoms with Gasteiger partial charge < -0.3 is 10.1 Å². The molecule has 30 heavy (non-hydrogen) atoms. The summed E-state index contributed by atoms with van der Waals surface area (Å²) in [6.07, 6.45) is -5.91. The summed E-state index contributed by atoms with van der Waals surface area (Å²) in [5.41, 5.74) is -2.89. The number of nitrogens with zero attached hydrogens (tertiary/aromatic N) is 3. The van der Waals surface area contributed by atoms with E-state index in [1.165, 1.54) is 25.1 Å². The second-order valence-corrected chi connectivity index (χ2v) is 5.98. The summed E-state index contributed by atoms with van der Waals surface area (Å²) in [6.45, 7) is -1.99. The van der Waals surface area contributed by atoms with E-state index in [-0.39, 0.29) is 21.6 Å². The molecule has 0 saturated heterocycles. The van der Waals surface area contributed by atoms with E-state index in [9.17, 15) is 35.5 Å². The molecule has 1 aromatic carbocycles. The Balaban J connectivity index is 2.01. The number of benzene rings is 1. The molecule has 3 rings (SSSR count). The van der Waals surface area contributed by atoms with Crippen LogP contribution in [0.3, 0.4) is 0 Å². The number of hydrogen-bond acceptors (Lipinski definition) is 4. The second kappa shape index (κ2) is 7.46. The predicted octanol–water partition coefficient (Wildman–Crippen LogP) is 4.55. The average Bonchev–Trinajstić information content (AvgIpc) is 3.05. The summed E-state index contributed by atoms with van der Waals surface area (Å²) in [6, 6.07) is 6.49. The average molecular weight is 436 g/mol. The van der Waals surface area contributed by atoms with Crippen LogP contribution in [0.1, 0.15) is 21.9 Å². The predicted molar refractivity (Wildman–Crippen MR) is 88.7 cm³/mol. The van der Waals surface area contributed by atoms with Gasteiger partial charge in [-0.3, -0.25) is 4.79 Å². The third-order valence-electron chi connectivity index (χ3n) is 3.82. The van der Waals surface area contributed by atoms with Crippen LogP contribution in [0.25, 0.3) is 5.65 Å². The van der Waals surface area contributed by atoms with Gasteiger partial charge in [0.2, 0.25) is 0 Å². The summed E-state index contributed by atoms with van der Waals surface area (Å²) in [5.74, 6) is -6.72. The third kappa shape index (κ3) is 4.00. The Hall–Kier alpha value is -3.38. The number of carbonyl (C=O) groups excluding carboxylic acids is 1. The van der Waals surface area contributed by atoms with Gasteiger partial charge in [-0.2, -0.15) is 35.8 Å². The molecule has 1 amide bonds. The van der Waals surface area contributed by atoms with Gasteiger partial charge in [-0.1, -0.05) is 12.1 Å². The lowest BCUT2D eigenvalue weighted by atomic mass is 10.2. The number of nitrogens with one attached hydrogen (secondary N) is 1. The first-order chi connectivity index (χ1) is 13.9. The first-order valence-corrected chi connectivity index (χ1v) is 8.08. The van der Waals surface area contributed by atoms with Gasteiger partial charge in [0.25, 0.3) is 5.91 Å². The van der Waals surface area contributed by atoms with Crippen LogP contribution in [0, 0.1) is 6.92 Å². The Morgan fingerprint density at radius 3 is 2.43 bits per heavy atom. The van der Waals surface area contributed by atoms with Crippen molar-refractivity contribution in [3.63, 3.8) is 0 Å². The van der Waals surface area contributed by atoms with Gasteiger partial charge in [0.1, 0.15) is 11.4 Å². The molecule has 2 aromatic heterocycles. The number of anilines is 1. The number of alkyl halides is 7. The highest BCUT2D eigenvalue weighted by Gasteiger charge is 2.60. The minimum Gasteiger partial charge on any atom is -0.433 e. The summed E-state index contributed by atoms with van der Waals surface area (Å²) >= 11 is 0. The molecule has 3 aromatic rings. The van der Waals surface area contributed by atoms with Crippen molar-refractivity contribution in [3.8, 4) is 5.75 Å². The number of carbonyl (C=O) groups is 1. The minimum atomic E-state index is -5.91. The molecule has 0 spiro atoms. The summed E-state index contributed by atoms with van der Waals surface area (Å²) in [4.78, 5) is 16.2. The maximum absolute atomic E-state index is 13.9. The van der Waals surface area contributed by atoms with Crippen molar-refractivity contribution in [2.24, 2.45) is 0 Å². The Morgan fingerprint density at radius 2 is 1.80 bits per heavy atom. The lowest BCUT2D eigenvalue weighted by molar-refractivity contribution is -0.291. The molecule has 13 heteroatoms. The number of hydrogen-bond donors (Lipinski definition) is 1. The number of fused-ring (bicyclic) bond motifs is 1. The smallest absolute Gasteiger partial charge is 0.433 e. The van der Waals surface area contributed by atoms with Gasteiger partial charge in [0, 0.05) is 11.8 Å². The summed E-state index contributed by atoms with van der Waals surface area (Å²) in [5, 5.41) is 5.68. The molecule has 0 unspecified atom stereocenters. The number of ether oxygens (including phenoxy) is 1. The van der Waals surface area contributed by atoms with E-state index >= 15 is 0 Å². The fourth-order valence-electron chi connectivity index (χ4n) is 2.53. The highest BCUT2D eigenvalue weighted by Crippen LogP contribution is 2.43. The zero-order valence-corrected chi connectivity index (χ0v) is 14.8. The number of amides is 1. The van der Waals surface area contributed by atoms with E-state index in [4.69, 9.17) is 0 Å². The number of halogens is 7. The normalized spacial score (nSPS) is 12.4. The molecule has 0 bridgehead atoms. The Bertz CT molecular complexity index is 1100. The van der Waals surface area contributed by atoms with Crippen LogP contribution in [-0.2, 0) is 5.92 Å². The highest BCUT2D eigenvalue weighted by atomic mass is 19.4. The fraction of sp³-hybridized carbons (Fsp3) is 0.235. The molecule has 0 radical (unpaired) electrons. The van der Waals surface area contributed by atoms with Crippen LogP contribution in [0.4, 0.5) is 36.4 Å². The summed E-state index contributed by atoms with van der Waals surface area (Å²) in [7, 11) is 0. The van der Waals surface area contributed by atoms with Crippen molar-refractivity contribution in [1.82, 2.24) is 14.6 Å². The van der Waals surface area contributed by atoms with Crippen LogP contribution in [0.5, 0.6) is 5.75 Å². The van der Waals surface area contributed by atoms with E-state index in [1.807, 2.05) is 0 Å². The minimum absolute atomic E-state index is 0.163. The Kier molecular flexibility index (Phi) is 5.31. The van der Waals surface area contributed by atoms with Crippen LogP contribution >= 0.6 is 0 Å². The molecule has 2 heterocycles. The monoisotopic (exact) mass is 436 g/mol. The van der Waals surface area contributed by atoms with Crippen LogP contribution < -0.4 is 10.1 Å². The molecule has 0 aliphatic rings. The SMILES string of the molecule is Cc1cc(C(F)(F)C(F)(F)F)n2nc(C(=O)Nc3ccccc3OC(F)F)cc2n1. The first kappa shape index (κ1) is 21.3. The molecule has 6 nitrogen and oxygen atoms in total. The molecule has 1 N–H and O–H groups in total. The lowest BCUT2D eigenvalue weighted by Crippen LogP contribution is -2.36. The van der Waals surface area contributed by atoms with Gasteiger partial charge in [-0.05, 0) is 25.1 Å². The molecule has 0 aliphatic heterocycles. The van der Waals surface area contributed by atoms with Crippen molar-refractivity contribution in [2.75, 3.05) is 5.32 Å². The Labute approximate surface area is 163 Å². The molecular weight excluding hydrogens is 425 g/mol. The number of aromatic nitrogens is 3. The van der Waals surface area contributed by atoms with Crippen molar-refractivity contribution < 1.29 is 40.3 Å². The number of aryl methyl sites for hydroxylation is 1. The molecule has 0 atom stereocenters. The standard InChI is InChI=1S/C17H11F7N4O2/c1-8-6-12(16(20,21)17(22,23)24)28-13(25-8)7-10(27-28)14(29)26-9-4-2-3-5-11(9)30-15(18)19/h2-7,15H,1H3,(H,26,29). The van der Waals surface area contributed by atoms with Crippen molar-refractivity contribution in [3.05, 3.63) is 53.5 Å². The van der Waals surface area contributed by atoms with Crippen LogP contribution in [-0.4, -0.2) is 33.3 Å². The van der Waals surface area contributed by atoms with Crippen LogP contribution in [0.2, 0.25) is 0 Å². The van der Waals surface area contributed by atoms with Gasteiger partial charge in [-0.25, -0.2) is 9.50 Å². The van der Waals surface area contributed by atoms with E-state index in [0.29, 0.717) is 6.07 Å². The molecule has 0 saturated carbocycles. The summed E-state index contributed by atoms with van der Waals surface area (Å²) < 4.78 is 95.6. The maximum atomic E-state index is 13.9. The quantitative estimate of drug-likeness (QED) is 0.597. The van der Waals surface area contributed by atoms with Crippen LogP contribution in [0.15, 0.2) is 36.4 Å². The van der Waals surface area contributed by atoms with Crippen molar-refractivity contribution in [1.29, 1.82) is 0 Å². The Morgan fingerprint density at radius 1 is 1.13 bits per heavy atom. The number of rotatable bonds is 5. The lowest BCUT2D eigenvalue weighted by Gasteiger charge is -2.20. The van der Waals surface area contributed by atoms with E-state index in [2.05, 4.69) is 20.1 Å². The molecule has 0 aliphatic carbocycles. The fourth-order valence-corrected chi connectivity index (χ4v) is 2.53. The topological polar surface area (TPSA) is 68.5 Å². The van der Waals surface area contributed by atoms with Gasteiger partial charge in [0.15, 0.2) is 11.3 Å².